The van der Waals surface area contributed by atoms with Crippen molar-refractivity contribution in [3.8, 4) is 51.6 Å². The molecule has 3 aromatic carbocycles. The first-order chi connectivity index (χ1) is 32.3. The lowest BCUT2D eigenvalue weighted by atomic mass is 9.97. The summed E-state index contributed by atoms with van der Waals surface area (Å²) in [6, 6.07) is 9.94. The van der Waals surface area contributed by atoms with Crippen LogP contribution < -0.4 is 24.4 Å². The number of rotatable bonds is 14. The molecule has 3 aliphatic heterocycles. The van der Waals surface area contributed by atoms with Crippen molar-refractivity contribution in [2.24, 2.45) is 0 Å². The summed E-state index contributed by atoms with van der Waals surface area (Å²) in [5.74, 6) is -3.54. The number of aliphatic hydroxyl groups excluding tert-OH is 9. The molecule has 3 fully saturated rings. The molecule has 15 atom stereocenters. The lowest BCUT2D eigenvalue weighted by Gasteiger charge is -2.45. The van der Waals surface area contributed by atoms with Crippen molar-refractivity contribution in [2.45, 2.75) is 99.0 Å². The number of methoxy groups -OCH3 is 2. The average Bonchev–Trinajstić information content (AvgIpc) is 3.32. The number of hydrogen-bond acceptors (Lipinski definition) is 24. The van der Waals surface area contributed by atoms with Gasteiger partial charge in [0, 0.05) is 23.8 Å². The zero-order valence-corrected chi connectivity index (χ0v) is 36.1. The van der Waals surface area contributed by atoms with Crippen molar-refractivity contribution in [3.63, 3.8) is 0 Å². The van der Waals surface area contributed by atoms with E-state index in [4.69, 9.17) is 47.0 Å². The van der Waals surface area contributed by atoms with Crippen LogP contribution in [0.25, 0.3) is 28.4 Å². The van der Waals surface area contributed by atoms with E-state index in [2.05, 4.69) is 0 Å². The number of carbonyl (C=O) groups excluding carboxylic acids is 1. The Kier molecular flexibility index (Phi) is 15.3. The van der Waals surface area contributed by atoms with E-state index in [0.29, 0.717) is 5.56 Å². The van der Waals surface area contributed by atoms with Gasteiger partial charge >= 0.3 is 5.97 Å². The predicted molar refractivity (Wildman–Crippen MR) is 225 cm³/mol. The van der Waals surface area contributed by atoms with E-state index in [1.54, 1.807) is 0 Å². The van der Waals surface area contributed by atoms with Crippen LogP contribution in [0.4, 0.5) is 0 Å². The first-order valence-electron chi connectivity index (χ1n) is 20.8. The number of esters is 1. The number of phenols is 3. The van der Waals surface area contributed by atoms with E-state index in [9.17, 15) is 70.9 Å². The first-order valence-corrected chi connectivity index (χ1v) is 20.8. The van der Waals surface area contributed by atoms with E-state index in [1.165, 1.54) is 63.6 Å². The maximum absolute atomic E-state index is 14.4. The monoisotopic (exact) mass is 962 g/mol. The number of hydrogen-bond donors (Lipinski definition) is 12. The Bertz CT molecular complexity index is 2470. The number of phenolic OH excluding ortho intramolecular Hbond substituents is 3. The second-order valence-electron chi connectivity index (χ2n) is 15.9. The van der Waals surface area contributed by atoms with Crippen LogP contribution in [0, 0.1) is 0 Å². The van der Waals surface area contributed by atoms with Gasteiger partial charge in [-0.15, -0.1) is 0 Å². The molecule has 0 saturated carbocycles. The second kappa shape index (κ2) is 20.8. The highest BCUT2D eigenvalue weighted by Gasteiger charge is 2.52. The zero-order chi connectivity index (χ0) is 49.3. The van der Waals surface area contributed by atoms with Crippen LogP contribution in [0.5, 0.6) is 40.2 Å². The molecule has 0 spiro atoms. The molecule has 4 aromatic rings. The molecule has 0 radical (unpaired) electrons. The molecule has 0 bridgehead atoms. The van der Waals surface area contributed by atoms with Crippen LogP contribution in [0.15, 0.2) is 63.8 Å². The third kappa shape index (κ3) is 10.1. The van der Waals surface area contributed by atoms with E-state index in [-0.39, 0.29) is 39.9 Å². The summed E-state index contributed by atoms with van der Waals surface area (Å²) in [5, 5.41) is 127. The highest BCUT2D eigenvalue weighted by Crippen LogP contribution is 2.40. The smallest absolute Gasteiger partial charge is 0.330 e. The summed E-state index contributed by atoms with van der Waals surface area (Å²) in [4.78, 5) is 27.2. The van der Waals surface area contributed by atoms with E-state index < -0.39 is 139 Å². The Morgan fingerprint density at radius 2 is 1.32 bits per heavy atom. The predicted octanol–water partition coefficient (Wildman–Crippen LogP) is -1.93. The standard InChI is InChI=1S/C44H50O24/c1-16-29(49)34(54)37(57)42(62-16)63-20-12-21(47)28-22(13-20)64-39(18-5-7-19(46)8-6-18)40(33(28)53)67-44-41(36(56)31(51)25(14-45)65-44)68-43-38(58)35(55)32(52)26(66-43)15-61-27(48)9-4-17-10-23(59-2)30(50)24(11-17)60-3/h4-13,16,25-26,29,31-32,34-38,41-47,49-52,54-58H,14-15H2,1-3H3/b9-4+/t16-,25+,26+,29-,31+,32+,34+,35-,36-,37+,38+,41+,42-,43-,44-/m0/s1. The van der Waals surface area contributed by atoms with Crippen LogP contribution in [0.3, 0.4) is 0 Å². The molecule has 68 heavy (non-hydrogen) atoms. The van der Waals surface area contributed by atoms with Crippen LogP contribution in [0.1, 0.15) is 12.5 Å². The van der Waals surface area contributed by atoms with Gasteiger partial charge in [-0.3, -0.25) is 4.79 Å². The van der Waals surface area contributed by atoms with Crippen molar-refractivity contribution in [1.82, 2.24) is 0 Å². The fourth-order valence-electron chi connectivity index (χ4n) is 7.60. The van der Waals surface area contributed by atoms with Gasteiger partial charge in [-0.2, -0.15) is 0 Å². The highest BCUT2D eigenvalue weighted by atomic mass is 16.8. The molecule has 370 valence electrons. The molecule has 3 saturated heterocycles. The fourth-order valence-corrected chi connectivity index (χ4v) is 7.60. The Labute approximate surface area is 384 Å². The molecule has 24 heteroatoms. The highest BCUT2D eigenvalue weighted by molar-refractivity contribution is 5.89. The molecule has 3 aliphatic rings. The quantitative estimate of drug-likeness (QED) is 0.0483. The van der Waals surface area contributed by atoms with Gasteiger partial charge in [0.05, 0.1) is 26.9 Å². The Hall–Kier alpha value is -5.84. The van der Waals surface area contributed by atoms with Crippen LogP contribution in [-0.4, -0.2) is 187 Å². The van der Waals surface area contributed by atoms with Gasteiger partial charge in [0.2, 0.25) is 29.5 Å². The van der Waals surface area contributed by atoms with E-state index in [0.717, 1.165) is 18.2 Å². The largest absolute Gasteiger partial charge is 0.508 e. The van der Waals surface area contributed by atoms with Gasteiger partial charge in [-0.1, -0.05) is 0 Å². The number of benzene rings is 3. The van der Waals surface area contributed by atoms with E-state index >= 15 is 0 Å². The summed E-state index contributed by atoms with van der Waals surface area (Å²) in [6.45, 7) is -0.263. The molecule has 0 amide bonds. The van der Waals surface area contributed by atoms with Crippen molar-refractivity contribution >= 4 is 23.0 Å². The topological polar surface area (TPSA) is 373 Å². The van der Waals surface area contributed by atoms with E-state index in [1.807, 2.05) is 0 Å². The van der Waals surface area contributed by atoms with Crippen LogP contribution in [-0.2, 0) is 28.5 Å². The zero-order valence-electron chi connectivity index (χ0n) is 36.1. The molecule has 4 heterocycles. The van der Waals surface area contributed by atoms with Gasteiger partial charge in [-0.05, 0) is 55.0 Å². The van der Waals surface area contributed by atoms with Crippen molar-refractivity contribution in [2.75, 3.05) is 27.4 Å². The first kappa shape index (κ1) is 50.0. The minimum atomic E-state index is -2.10. The van der Waals surface area contributed by atoms with Gasteiger partial charge in [0.1, 0.15) is 95.9 Å². The Morgan fingerprint density at radius 3 is 1.97 bits per heavy atom. The lowest BCUT2D eigenvalue weighted by molar-refractivity contribution is -0.358. The molecule has 0 aliphatic carbocycles. The fraction of sp³-hybridized carbons (Fsp3) is 0.455. The van der Waals surface area contributed by atoms with Gasteiger partial charge in [-0.25, -0.2) is 4.79 Å². The summed E-state index contributed by atoms with van der Waals surface area (Å²) < 4.78 is 56.1. The minimum Gasteiger partial charge on any atom is -0.508 e. The lowest BCUT2D eigenvalue weighted by Crippen LogP contribution is -2.65. The van der Waals surface area contributed by atoms with Crippen LogP contribution in [0.2, 0.25) is 0 Å². The number of aromatic hydroxyl groups is 3. The molecule has 1 aromatic heterocycles. The maximum atomic E-state index is 14.4. The minimum absolute atomic E-state index is 0.0444. The molecular weight excluding hydrogens is 912 g/mol. The molecule has 12 N–H and O–H groups in total. The third-order valence-corrected chi connectivity index (χ3v) is 11.4. The maximum Gasteiger partial charge on any atom is 0.330 e. The van der Waals surface area contributed by atoms with Crippen molar-refractivity contribution in [1.29, 1.82) is 0 Å². The Balaban J connectivity index is 1.17. The number of aliphatic hydroxyl groups is 9. The summed E-state index contributed by atoms with van der Waals surface area (Å²) in [7, 11) is 2.61. The SMILES string of the molecule is COc1cc(/C=C/C(=O)OC[C@H]2O[C@@H](O[C@H]3[C@H](Oc4c(-c5ccc(O)cc5)oc5cc(O[C@@H]6O[C@@H](C)[C@H](O)[C@@H](O)[C@H]6O)cc(O)c5c4=O)O[C@H](CO)[C@@H](O)[C@@H]3O)[C@H](O)[C@@H](O)[C@@H]2O)cc(OC)c1O. The number of ether oxygens (including phenoxy) is 9. The summed E-state index contributed by atoms with van der Waals surface area (Å²) >= 11 is 0. The summed E-state index contributed by atoms with van der Waals surface area (Å²) in [5.41, 5.74) is -1.04. The van der Waals surface area contributed by atoms with Crippen molar-refractivity contribution < 1.29 is 113 Å². The average molecular weight is 963 g/mol. The number of fused-ring (bicyclic) bond motifs is 1. The van der Waals surface area contributed by atoms with Crippen molar-refractivity contribution in [3.05, 3.63) is 70.4 Å². The van der Waals surface area contributed by atoms with Crippen LogP contribution >= 0.6 is 0 Å². The molecule has 7 rings (SSSR count). The summed E-state index contributed by atoms with van der Waals surface area (Å²) in [6.07, 6.45) is -24.5. The molecule has 0 unspecified atom stereocenters. The second-order valence-corrected chi connectivity index (χ2v) is 15.9. The normalized spacial score (nSPS) is 31.9. The van der Waals surface area contributed by atoms with Gasteiger partial charge < -0.3 is 108 Å². The van der Waals surface area contributed by atoms with Gasteiger partial charge in [0.25, 0.3) is 0 Å². The molecular formula is C44H50O24. The number of carbonyl (C=O) groups is 1. The molecule has 24 nitrogen and oxygen atoms in total. The van der Waals surface area contributed by atoms with Gasteiger partial charge in [0.15, 0.2) is 29.7 Å². The third-order valence-electron chi connectivity index (χ3n) is 11.4. The Morgan fingerprint density at radius 1 is 0.706 bits per heavy atom.